The Morgan fingerprint density at radius 2 is 2.29 bits per heavy atom. The van der Waals surface area contributed by atoms with E-state index in [1.165, 1.54) is 4.88 Å². The number of hydrogen-bond acceptors (Lipinski definition) is 5. The van der Waals surface area contributed by atoms with Crippen LogP contribution in [0.2, 0.25) is 0 Å². The third-order valence-corrected chi connectivity index (χ3v) is 3.26. The number of aromatic nitrogens is 2. The third kappa shape index (κ3) is 3.38. The van der Waals surface area contributed by atoms with Crippen molar-refractivity contribution in [3.05, 3.63) is 23.2 Å². The Bertz CT molecular complexity index is 476. The van der Waals surface area contributed by atoms with E-state index in [1.807, 2.05) is 13.1 Å². The fraction of sp³-hybridized carbons (Fsp3) is 0.500. The van der Waals surface area contributed by atoms with E-state index in [4.69, 9.17) is 4.42 Å². The van der Waals surface area contributed by atoms with E-state index >= 15 is 0 Å². The second-order valence-electron chi connectivity index (χ2n) is 4.41. The summed E-state index contributed by atoms with van der Waals surface area (Å²) in [6, 6.07) is 0. The van der Waals surface area contributed by atoms with Gasteiger partial charge in [-0.2, -0.15) is 0 Å². The van der Waals surface area contributed by atoms with Gasteiger partial charge in [0.15, 0.2) is 5.89 Å². The van der Waals surface area contributed by atoms with Gasteiger partial charge < -0.3 is 9.73 Å². The Kier molecular flexibility index (Phi) is 3.91. The Balaban J connectivity index is 1.96. The van der Waals surface area contributed by atoms with Crippen LogP contribution in [0.3, 0.4) is 0 Å². The molecular formula is C12H17N3OS. The van der Waals surface area contributed by atoms with Crippen molar-refractivity contribution in [2.24, 2.45) is 5.92 Å². The zero-order chi connectivity index (χ0) is 12.3. The van der Waals surface area contributed by atoms with Gasteiger partial charge in [-0.1, -0.05) is 13.8 Å². The Morgan fingerprint density at radius 1 is 1.47 bits per heavy atom. The van der Waals surface area contributed by atoms with Crippen LogP contribution in [-0.2, 0) is 6.54 Å². The first kappa shape index (κ1) is 12.3. The summed E-state index contributed by atoms with van der Waals surface area (Å²) in [7, 11) is 0. The van der Waals surface area contributed by atoms with Crippen LogP contribution in [0.15, 0.2) is 16.9 Å². The van der Waals surface area contributed by atoms with Gasteiger partial charge in [-0.05, 0) is 12.5 Å². The predicted molar refractivity (Wildman–Crippen MR) is 68.9 cm³/mol. The molecule has 4 nitrogen and oxygen atoms in total. The molecule has 0 aliphatic heterocycles. The van der Waals surface area contributed by atoms with Gasteiger partial charge in [0.05, 0.1) is 0 Å². The minimum absolute atomic E-state index is 0.667. The van der Waals surface area contributed by atoms with Gasteiger partial charge in [-0.15, -0.1) is 11.3 Å². The molecule has 0 amide bonds. The molecule has 0 aliphatic rings. The Morgan fingerprint density at radius 3 is 2.94 bits per heavy atom. The summed E-state index contributed by atoms with van der Waals surface area (Å²) in [5.41, 5.74) is 0.822. The summed E-state index contributed by atoms with van der Waals surface area (Å²) in [5.74, 6) is 1.34. The number of hydrogen-bond donors (Lipinski definition) is 1. The normalized spacial score (nSPS) is 11.3. The van der Waals surface area contributed by atoms with Crippen molar-refractivity contribution in [2.75, 3.05) is 6.54 Å². The highest BCUT2D eigenvalue weighted by Gasteiger charge is 2.08. The van der Waals surface area contributed by atoms with Crippen molar-refractivity contribution in [3.63, 3.8) is 0 Å². The first-order valence-corrected chi connectivity index (χ1v) is 6.54. The van der Waals surface area contributed by atoms with Crippen molar-refractivity contribution in [1.29, 1.82) is 0 Å². The summed E-state index contributed by atoms with van der Waals surface area (Å²) < 4.78 is 5.18. The molecule has 92 valence electrons. The molecule has 5 heteroatoms. The fourth-order valence-electron chi connectivity index (χ4n) is 1.45. The minimum Gasteiger partial charge on any atom is -0.449 e. The average molecular weight is 251 g/mol. The number of thiazole rings is 1. The van der Waals surface area contributed by atoms with Crippen molar-refractivity contribution in [2.45, 2.75) is 27.3 Å². The van der Waals surface area contributed by atoms with E-state index in [2.05, 4.69) is 29.1 Å². The molecule has 0 unspecified atom stereocenters. The smallest absolute Gasteiger partial charge is 0.191 e. The maximum atomic E-state index is 5.18. The standard InChI is InChI=1S/C12H17N3OS/c1-8(2)4-13-5-10-6-14-12(17-10)11-7-16-9(3)15-11/h6-8,13H,4-5H2,1-3H3. The highest BCUT2D eigenvalue weighted by Crippen LogP contribution is 2.24. The van der Waals surface area contributed by atoms with Gasteiger partial charge in [0.2, 0.25) is 0 Å². The van der Waals surface area contributed by atoms with Gasteiger partial charge in [0.25, 0.3) is 0 Å². The Labute approximate surface area is 105 Å². The highest BCUT2D eigenvalue weighted by atomic mass is 32.1. The molecule has 0 bridgehead atoms. The zero-order valence-corrected chi connectivity index (χ0v) is 11.2. The molecule has 2 rings (SSSR count). The maximum Gasteiger partial charge on any atom is 0.191 e. The van der Waals surface area contributed by atoms with Gasteiger partial charge >= 0.3 is 0 Å². The largest absolute Gasteiger partial charge is 0.449 e. The van der Waals surface area contributed by atoms with E-state index in [-0.39, 0.29) is 0 Å². The predicted octanol–water partition coefficient (Wildman–Crippen LogP) is 2.85. The molecule has 2 aromatic heterocycles. The highest BCUT2D eigenvalue weighted by molar-refractivity contribution is 7.14. The summed E-state index contributed by atoms with van der Waals surface area (Å²) in [6.45, 7) is 8.12. The molecule has 0 aliphatic carbocycles. The second kappa shape index (κ2) is 5.42. The first-order chi connectivity index (χ1) is 8.15. The van der Waals surface area contributed by atoms with Crippen molar-refractivity contribution >= 4 is 11.3 Å². The SMILES string of the molecule is Cc1nc(-c2ncc(CNCC(C)C)s2)co1. The van der Waals surface area contributed by atoms with Crippen LogP contribution < -0.4 is 5.32 Å². The van der Waals surface area contributed by atoms with Crippen LogP contribution in [0.1, 0.15) is 24.6 Å². The summed E-state index contributed by atoms with van der Waals surface area (Å²) in [6.07, 6.45) is 3.55. The number of oxazole rings is 1. The van der Waals surface area contributed by atoms with Crippen LogP contribution in [0.4, 0.5) is 0 Å². The molecule has 0 saturated heterocycles. The quantitative estimate of drug-likeness (QED) is 0.887. The lowest BCUT2D eigenvalue weighted by Crippen LogP contribution is -2.18. The van der Waals surface area contributed by atoms with E-state index in [1.54, 1.807) is 17.6 Å². The van der Waals surface area contributed by atoms with Gasteiger partial charge in [-0.3, -0.25) is 0 Å². The molecular weight excluding hydrogens is 234 g/mol. The molecule has 0 spiro atoms. The lowest BCUT2D eigenvalue weighted by molar-refractivity contribution is 0.521. The summed E-state index contributed by atoms with van der Waals surface area (Å²) in [4.78, 5) is 9.84. The average Bonchev–Trinajstić information content (AvgIpc) is 2.86. The maximum absolute atomic E-state index is 5.18. The van der Waals surface area contributed by atoms with Crippen LogP contribution in [0, 0.1) is 12.8 Å². The monoisotopic (exact) mass is 251 g/mol. The molecule has 0 fully saturated rings. The van der Waals surface area contributed by atoms with Crippen molar-refractivity contribution in [1.82, 2.24) is 15.3 Å². The zero-order valence-electron chi connectivity index (χ0n) is 10.4. The Hall–Kier alpha value is -1.20. The number of aryl methyl sites for hydroxylation is 1. The molecule has 0 atom stereocenters. The molecule has 1 N–H and O–H groups in total. The lowest BCUT2D eigenvalue weighted by atomic mass is 10.2. The van der Waals surface area contributed by atoms with Gasteiger partial charge in [0, 0.05) is 24.5 Å². The lowest BCUT2D eigenvalue weighted by Gasteiger charge is -2.04. The van der Waals surface area contributed by atoms with Gasteiger partial charge in [0.1, 0.15) is 17.0 Å². The van der Waals surface area contributed by atoms with Crippen LogP contribution >= 0.6 is 11.3 Å². The number of nitrogens with one attached hydrogen (secondary N) is 1. The van der Waals surface area contributed by atoms with Crippen LogP contribution in [0.25, 0.3) is 10.7 Å². The minimum atomic E-state index is 0.667. The first-order valence-electron chi connectivity index (χ1n) is 5.73. The molecule has 0 saturated carbocycles. The van der Waals surface area contributed by atoms with Crippen molar-refractivity contribution < 1.29 is 4.42 Å². The summed E-state index contributed by atoms with van der Waals surface area (Å²) >= 11 is 1.65. The molecule has 0 radical (unpaired) electrons. The van der Waals surface area contributed by atoms with E-state index in [9.17, 15) is 0 Å². The molecule has 2 aromatic rings. The number of nitrogens with zero attached hydrogens (tertiary/aromatic N) is 2. The fourth-order valence-corrected chi connectivity index (χ4v) is 2.29. The number of rotatable bonds is 5. The van der Waals surface area contributed by atoms with E-state index < -0.39 is 0 Å². The summed E-state index contributed by atoms with van der Waals surface area (Å²) in [5, 5.41) is 4.32. The van der Waals surface area contributed by atoms with Crippen molar-refractivity contribution in [3.8, 4) is 10.7 Å². The topological polar surface area (TPSA) is 51.0 Å². The van der Waals surface area contributed by atoms with E-state index in [0.29, 0.717) is 11.8 Å². The van der Waals surface area contributed by atoms with Gasteiger partial charge in [-0.25, -0.2) is 9.97 Å². The van der Waals surface area contributed by atoms with Crippen LogP contribution in [-0.4, -0.2) is 16.5 Å². The third-order valence-electron chi connectivity index (χ3n) is 2.24. The molecule has 2 heterocycles. The van der Waals surface area contributed by atoms with Crippen LogP contribution in [0.5, 0.6) is 0 Å². The molecule has 17 heavy (non-hydrogen) atoms. The second-order valence-corrected chi connectivity index (χ2v) is 5.52. The molecule has 0 aromatic carbocycles. The van der Waals surface area contributed by atoms with E-state index in [0.717, 1.165) is 23.8 Å².